The molecule has 0 saturated carbocycles. The fourth-order valence-electron chi connectivity index (χ4n) is 3.82. The van der Waals surface area contributed by atoms with Crippen LogP contribution in [0.4, 0.5) is 0 Å². The van der Waals surface area contributed by atoms with E-state index in [1.165, 1.54) is 0 Å². The van der Waals surface area contributed by atoms with E-state index in [0.29, 0.717) is 26.3 Å². The van der Waals surface area contributed by atoms with Crippen LogP contribution in [0.2, 0.25) is 0 Å². The summed E-state index contributed by atoms with van der Waals surface area (Å²) in [5, 5.41) is 2.79. The SMILES string of the molecule is CCNC(=O)CN(CC)CC(=O)N1CCC[C@@H]1c1ccc2c(c1)OCCCO2. The van der Waals surface area contributed by atoms with Crippen LogP contribution >= 0.6 is 0 Å². The molecular formula is C21H31N3O4. The lowest BCUT2D eigenvalue weighted by Gasteiger charge is -2.28. The number of ether oxygens (including phenoxy) is 2. The molecule has 154 valence electrons. The van der Waals surface area contributed by atoms with Crippen molar-refractivity contribution in [1.29, 1.82) is 0 Å². The first-order valence-electron chi connectivity index (χ1n) is 10.3. The summed E-state index contributed by atoms with van der Waals surface area (Å²) in [5.41, 5.74) is 1.09. The molecule has 28 heavy (non-hydrogen) atoms. The summed E-state index contributed by atoms with van der Waals surface area (Å²) >= 11 is 0. The molecule has 0 bridgehead atoms. The highest BCUT2D eigenvalue weighted by molar-refractivity contribution is 5.81. The highest BCUT2D eigenvalue weighted by atomic mass is 16.5. The molecule has 2 aliphatic rings. The predicted molar refractivity (Wildman–Crippen MR) is 107 cm³/mol. The number of likely N-dealkylation sites (N-methyl/N-ethyl adjacent to an activating group) is 2. The largest absolute Gasteiger partial charge is 0.490 e. The van der Waals surface area contributed by atoms with Crippen molar-refractivity contribution in [3.8, 4) is 11.5 Å². The maximum absolute atomic E-state index is 13.0. The lowest BCUT2D eigenvalue weighted by atomic mass is 10.0. The molecule has 2 aliphatic heterocycles. The second-order valence-electron chi connectivity index (χ2n) is 7.26. The third-order valence-corrected chi connectivity index (χ3v) is 5.28. The number of fused-ring (bicyclic) bond motifs is 1. The minimum atomic E-state index is -0.0435. The van der Waals surface area contributed by atoms with Crippen LogP contribution in [-0.4, -0.2) is 67.6 Å². The van der Waals surface area contributed by atoms with E-state index >= 15 is 0 Å². The average Bonchev–Trinajstić information content (AvgIpc) is 3.06. The van der Waals surface area contributed by atoms with E-state index in [1.54, 1.807) is 0 Å². The van der Waals surface area contributed by atoms with Gasteiger partial charge in [-0.05, 0) is 44.0 Å². The monoisotopic (exact) mass is 389 g/mol. The van der Waals surface area contributed by atoms with Crippen LogP contribution in [0.5, 0.6) is 11.5 Å². The first-order chi connectivity index (χ1) is 13.6. The number of amides is 2. The van der Waals surface area contributed by atoms with Gasteiger partial charge in [-0.2, -0.15) is 0 Å². The molecule has 2 heterocycles. The van der Waals surface area contributed by atoms with E-state index in [9.17, 15) is 9.59 Å². The highest BCUT2D eigenvalue weighted by Crippen LogP contribution is 2.37. The van der Waals surface area contributed by atoms with Gasteiger partial charge in [-0.15, -0.1) is 0 Å². The molecule has 7 heteroatoms. The van der Waals surface area contributed by atoms with Crippen LogP contribution in [0.25, 0.3) is 0 Å². The molecular weight excluding hydrogens is 358 g/mol. The van der Waals surface area contributed by atoms with E-state index in [2.05, 4.69) is 5.32 Å². The van der Waals surface area contributed by atoms with Gasteiger partial charge in [0.05, 0.1) is 32.3 Å². The van der Waals surface area contributed by atoms with Gasteiger partial charge in [-0.25, -0.2) is 0 Å². The summed E-state index contributed by atoms with van der Waals surface area (Å²) in [5.74, 6) is 1.57. The summed E-state index contributed by atoms with van der Waals surface area (Å²) in [7, 11) is 0. The Labute approximate surface area is 167 Å². The molecule has 3 rings (SSSR count). The second-order valence-corrected chi connectivity index (χ2v) is 7.26. The first kappa shape index (κ1) is 20.5. The van der Waals surface area contributed by atoms with Gasteiger partial charge in [0.25, 0.3) is 0 Å². The molecule has 7 nitrogen and oxygen atoms in total. The van der Waals surface area contributed by atoms with Crippen molar-refractivity contribution in [3.05, 3.63) is 23.8 Å². The van der Waals surface area contributed by atoms with Crippen LogP contribution in [0.3, 0.4) is 0 Å². The van der Waals surface area contributed by atoms with Crippen molar-refractivity contribution in [3.63, 3.8) is 0 Å². The fourth-order valence-corrected chi connectivity index (χ4v) is 3.82. The number of carbonyl (C=O) groups is 2. The Morgan fingerprint density at radius 2 is 1.93 bits per heavy atom. The van der Waals surface area contributed by atoms with Crippen LogP contribution < -0.4 is 14.8 Å². The highest BCUT2D eigenvalue weighted by Gasteiger charge is 2.31. The number of rotatable bonds is 7. The third kappa shape index (κ3) is 4.95. The van der Waals surface area contributed by atoms with Crippen molar-refractivity contribution >= 4 is 11.8 Å². The van der Waals surface area contributed by atoms with Crippen molar-refractivity contribution in [1.82, 2.24) is 15.1 Å². The van der Waals surface area contributed by atoms with E-state index in [0.717, 1.165) is 42.9 Å². The fraction of sp³-hybridized carbons (Fsp3) is 0.619. The first-order valence-corrected chi connectivity index (χ1v) is 10.3. The molecule has 2 amide bonds. The molecule has 0 aliphatic carbocycles. The van der Waals surface area contributed by atoms with E-state index in [-0.39, 0.29) is 30.9 Å². The Hall–Kier alpha value is -2.28. The van der Waals surface area contributed by atoms with Crippen molar-refractivity contribution < 1.29 is 19.1 Å². The van der Waals surface area contributed by atoms with Gasteiger partial charge in [-0.3, -0.25) is 14.5 Å². The van der Waals surface area contributed by atoms with E-state index < -0.39 is 0 Å². The Kier molecular flexibility index (Phi) is 7.14. The summed E-state index contributed by atoms with van der Waals surface area (Å²) < 4.78 is 11.5. The lowest BCUT2D eigenvalue weighted by molar-refractivity contribution is -0.134. The molecule has 0 radical (unpaired) electrons. The normalized spacial score (nSPS) is 18.8. The second kappa shape index (κ2) is 9.78. The zero-order chi connectivity index (χ0) is 19.9. The Morgan fingerprint density at radius 1 is 1.14 bits per heavy atom. The smallest absolute Gasteiger partial charge is 0.237 e. The van der Waals surface area contributed by atoms with Gasteiger partial charge in [0.2, 0.25) is 11.8 Å². The minimum Gasteiger partial charge on any atom is -0.490 e. The van der Waals surface area contributed by atoms with Gasteiger partial charge < -0.3 is 19.7 Å². The van der Waals surface area contributed by atoms with Crippen LogP contribution in [0.1, 0.15) is 44.7 Å². The van der Waals surface area contributed by atoms with E-state index in [1.807, 2.05) is 41.8 Å². The number of nitrogens with one attached hydrogen (secondary N) is 1. The summed E-state index contributed by atoms with van der Waals surface area (Å²) in [6.07, 6.45) is 2.79. The summed E-state index contributed by atoms with van der Waals surface area (Å²) in [6, 6.07) is 6.05. The number of likely N-dealkylation sites (tertiary alicyclic amines) is 1. The number of hydrogen-bond acceptors (Lipinski definition) is 5. The molecule has 1 saturated heterocycles. The molecule has 0 aromatic heterocycles. The summed E-state index contributed by atoms with van der Waals surface area (Å²) in [6.45, 7) is 7.69. The average molecular weight is 389 g/mol. The number of nitrogens with zero attached hydrogens (tertiary/aromatic N) is 2. The van der Waals surface area contributed by atoms with Gasteiger partial charge in [0.1, 0.15) is 0 Å². The zero-order valence-corrected chi connectivity index (χ0v) is 16.9. The zero-order valence-electron chi connectivity index (χ0n) is 16.9. The van der Waals surface area contributed by atoms with Crippen LogP contribution in [0, 0.1) is 0 Å². The Bertz CT molecular complexity index is 694. The number of hydrogen-bond donors (Lipinski definition) is 1. The third-order valence-electron chi connectivity index (χ3n) is 5.28. The maximum Gasteiger partial charge on any atom is 0.237 e. The Balaban J connectivity index is 1.67. The molecule has 0 spiro atoms. The molecule has 1 fully saturated rings. The number of benzene rings is 1. The minimum absolute atomic E-state index is 0.0435. The number of carbonyl (C=O) groups excluding carboxylic acids is 2. The van der Waals surface area contributed by atoms with Gasteiger partial charge in [0, 0.05) is 19.5 Å². The van der Waals surface area contributed by atoms with Gasteiger partial charge >= 0.3 is 0 Å². The van der Waals surface area contributed by atoms with Gasteiger partial charge in [0.15, 0.2) is 11.5 Å². The van der Waals surface area contributed by atoms with Crippen molar-refractivity contribution in [2.75, 3.05) is 45.9 Å². The standard InChI is InChI=1S/C21H31N3O4/c1-3-22-20(25)14-23(4-2)15-21(26)24-10-5-7-17(24)16-8-9-18-19(13-16)28-12-6-11-27-18/h8-9,13,17H,3-7,10-12,14-15H2,1-2H3,(H,22,25)/t17-/m1/s1. The molecule has 1 atom stereocenters. The predicted octanol–water partition coefficient (Wildman–Crippen LogP) is 1.97. The van der Waals surface area contributed by atoms with Crippen molar-refractivity contribution in [2.45, 2.75) is 39.2 Å². The van der Waals surface area contributed by atoms with Gasteiger partial charge in [-0.1, -0.05) is 13.0 Å². The van der Waals surface area contributed by atoms with Crippen LogP contribution in [0.15, 0.2) is 18.2 Å². The lowest BCUT2D eigenvalue weighted by Crippen LogP contribution is -2.44. The molecule has 1 aromatic rings. The molecule has 0 unspecified atom stereocenters. The quantitative estimate of drug-likeness (QED) is 0.772. The maximum atomic E-state index is 13.0. The molecule has 1 aromatic carbocycles. The topological polar surface area (TPSA) is 71.1 Å². The molecule has 1 N–H and O–H groups in total. The van der Waals surface area contributed by atoms with Crippen LogP contribution in [-0.2, 0) is 9.59 Å². The summed E-state index contributed by atoms with van der Waals surface area (Å²) in [4.78, 5) is 28.7. The van der Waals surface area contributed by atoms with E-state index in [4.69, 9.17) is 9.47 Å². The Morgan fingerprint density at radius 3 is 2.68 bits per heavy atom. The van der Waals surface area contributed by atoms with Crippen molar-refractivity contribution in [2.24, 2.45) is 0 Å².